The first-order valence-electron chi connectivity index (χ1n) is 5.39. The van der Waals surface area contributed by atoms with Crippen molar-refractivity contribution < 1.29 is 17.9 Å². The van der Waals surface area contributed by atoms with Crippen LogP contribution in [0.3, 0.4) is 0 Å². The van der Waals surface area contributed by atoms with Gasteiger partial charge in [0.25, 0.3) is 0 Å². The van der Waals surface area contributed by atoms with Crippen LogP contribution >= 0.6 is 0 Å². The third kappa shape index (κ3) is 3.89. The summed E-state index contributed by atoms with van der Waals surface area (Å²) in [5, 5.41) is -0.549. The minimum absolute atomic E-state index is 0. The molecule has 1 aromatic carbocycles. The smallest absolute Gasteiger partial charge is 0.161 e. The maximum absolute atomic E-state index is 11.5. The molecule has 1 atom stereocenters. The van der Waals surface area contributed by atoms with E-state index in [-0.39, 0.29) is 6.15 Å². The molecule has 0 aromatic heterocycles. The van der Waals surface area contributed by atoms with Crippen LogP contribution < -0.4 is 15.6 Å². The van der Waals surface area contributed by atoms with E-state index >= 15 is 0 Å². The van der Waals surface area contributed by atoms with Gasteiger partial charge in [-0.2, -0.15) is 0 Å². The van der Waals surface area contributed by atoms with Gasteiger partial charge in [-0.25, -0.2) is 8.42 Å². The van der Waals surface area contributed by atoms with E-state index in [0.717, 1.165) is 0 Å². The van der Waals surface area contributed by atoms with Gasteiger partial charge in [0.05, 0.1) is 19.0 Å². The summed E-state index contributed by atoms with van der Waals surface area (Å²) in [4.78, 5) is 0. The number of hydrogen-bond donors (Lipinski definition) is 1. The van der Waals surface area contributed by atoms with E-state index in [9.17, 15) is 8.42 Å². The van der Waals surface area contributed by atoms with Gasteiger partial charge in [-0.1, -0.05) is 6.07 Å². The van der Waals surface area contributed by atoms with Gasteiger partial charge in [-0.3, -0.25) is 0 Å². The van der Waals surface area contributed by atoms with Crippen LogP contribution in [-0.2, 0) is 9.84 Å². The summed E-state index contributed by atoms with van der Waals surface area (Å²) in [6.45, 7) is 4.03. The Labute approximate surface area is 109 Å². The zero-order valence-corrected chi connectivity index (χ0v) is 12.1. The molecule has 0 saturated heterocycles. The summed E-state index contributed by atoms with van der Waals surface area (Å²) < 4.78 is 33.5. The predicted molar refractivity (Wildman–Crippen MR) is 72.4 cm³/mol. The average Bonchev–Trinajstić information content (AvgIpc) is 2.27. The van der Waals surface area contributed by atoms with Gasteiger partial charge in [0.15, 0.2) is 21.3 Å². The van der Waals surface area contributed by atoms with Gasteiger partial charge in [0.1, 0.15) is 0 Å². The Morgan fingerprint density at radius 1 is 1.28 bits per heavy atom. The zero-order chi connectivity index (χ0) is 13.1. The average molecular weight is 275 g/mol. The maximum Gasteiger partial charge on any atom is 0.161 e. The SMILES string of the molecule is CCOc1cc(C(C)S(C)(=O)=O)ccc1OC.N. The summed E-state index contributed by atoms with van der Waals surface area (Å²) >= 11 is 0. The molecule has 0 aliphatic carbocycles. The summed E-state index contributed by atoms with van der Waals surface area (Å²) in [5.41, 5.74) is 0.705. The summed E-state index contributed by atoms with van der Waals surface area (Å²) in [6.07, 6.45) is 1.22. The zero-order valence-electron chi connectivity index (χ0n) is 11.3. The largest absolute Gasteiger partial charge is 0.493 e. The van der Waals surface area contributed by atoms with Crippen LogP contribution in [0.25, 0.3) is 0 Å². The van der Waals surface area contributed by atoms with Crippen molar-refractivity contribution in [2.45, 2.75) is 19.1 Å². The second kappa shape index (κ2) is 6.61. The lowest BCUT2D eigenvalue weighted by Crippen LogP contribution is -2.08. The van der Waals surface area contributed by atoms with Crippen LogP contribution in [0.15, 0.2) is 18.2 Å². The molecule has 5 nitrogen and oxygen atoms in total. The Kier molecular flexibility index (Phi) is 6.14. The molecular formula is C12H21NO4S. The molecule has 0 radical (unpaired) electrons. The van der Waals surface area contributed by atoms with Crippen LogP contribution in [0, 0.1) is 0 Å². The number of ether oxygens (including phenoxy) is 2. The molecule has 0 fully saturated rings. The highest BCUT2D eigenvalue weighted by molar-refractivity contribution is 7.90. The minimum Gasteiger partial charge on any atom is -0.493 e. The third-order valence-electron chi connectivity index (χ3n) is 2.60. The third-order valence-corrected chi connectivity index (χ3v) is 4.16. The van der Waals surface area contributed by atoms with Gasteiger partial charge < -0.3 is 15.6 Å². The lowest BCUT2D eigenvalue weighted by molar-refractivity contribution is 0.310. The van der Waals surface area contributed by atoms with Crippen LogP contribution in [0.5, 0.6) is 11.5 Å². The van der Waals surface area contributed by atoms with E-state index in [1.54, 1.807) is 32.2 Å². The molecule has 1 rings (SSSR count). The van der Waals surface area contributed by atoms with Crippen molar-refractivity contribution in [3.8, 4) is 11.5 Å². The van der Waals surface area contributed by atoms with Crippen LogP contribution in [0.2, 0.25) is 0 Å². The Morgan fingerprint density at radius 2 is 1.89 bits per heavy atom. The van der Waals surface area contributed by atoms with E-state index < -0.39 is 15.1 Å². The van der Waals surface area contributed by atoms with Gasteiger partial charge in [-0.15, -0.1) is 0 Å². The molecular weight excluding hydrogens is 254 g/mol. The highest BCUT2D eigenvalue weighted by atomic mass is 32.2. The summed E-state index contributed by atoms with van der Waals surface area (Å²) in [5.74, 6) is 1.18. The Balaban J connectivity index is 0.00000289. The minimum atomic E-state index is -3.10. The Bertz CT molecular complexity index is 485. The monoisotopic (exact) mass is 275 g/mol. The van der Waals surface area contributed by atoms with E-state index in [0.29, 0.717) is 23.7 Å². The van der Waals surface area contributed by atoms with E-state index in [2.05, 4.69) is 0 Å². The molecule has 1 aromatic rings. The van der Waals surface area contributed by atoms with Gasteiger partial charge in [0.2, 0.25) is 0 Å². The molecule has 3 N–H and O–H groups in total. The number of benzene rings is 1. The molecule has 0 heterocycles. The molecule has 0 spiro atoms. The van der Waals surface area contributed by atoms with Crippen LogP contribution in [-0.4, -0.2) is 28.4 Å². The van der Waals surface area contributed by atoms with E-state index in [1.165, 1.54) is 6.26 Å². The van der Waals surface area contributed by atoms with Gasteiger partial charge >= 0.3 is 0 Å². The molecule has 104 valence electrons. The molecule has 18 heavy (non-hydrogen) atoms. The molecule has 0 aliphatic heterocycles. The number of rotatable bonds is 5. The number of sulfone groups is 1. The Morgan fingerprint density at radius 3 is 2.33 bits per heavy atom. The van der Waals surface area contributed by atoms with Crippen molar-refractivity contribution in [2.75, 3.05) is 20.0 Å². The standard InChI is InChI=1S/C12H18O4S.H3N/c1-5-16-12-8-10(6-7-11(12)15-3)9(2)17(4,13)14;/h6-9H,5H2,1-4H3;1H3. The van der Waals surface area contributed by atoms with Crippen molar-refractivity contribution >= 4 is 9.84 Å². The summed E-state index contributed by atoms with van der Waals surface area (Å²) in [7, 11) is -1.55. The van der Waals surface area contributed by atoms with Crippen molar-refractivity contribution in [3.63, 3.8) is 0 Å². The first kappa shape index (κ1) is 16.7. The molecule has 0 amide bonds. The first-order valence-corrected chi connectivity index (χ1v) is 7.35. The maximum atomic E-state index is 11.5. The fourth-order valence-corrected chi connectivity index (χ4v) is 2.10. The van der Waals surface area contributed by atoms with Crippen molar-refractivity contribution in [2.24, 2.45) is 0 Å². The normalized spacial score (nSPS) is 12.4. The molecule has 0 bridgehead atoms. The lowest BCUT2D eigenvalue weighted by atomic mass is 10.1. The fraction of sp³-hybridized carbons (Fsp3) is 0.500. The first-order chi connectivity index (χ1) is 7.90. The van der Waals surface area contributed by atoms with Crippen molar-refractivity contribution in [1.29, 1.82) is 0 Å². The van der Waals surface area contributed by atoms with Crippen LogP contribution in [0.4, 0.5) is 0 Å². The van der Waals surface area contributed by atoms with Crippen molar-refractivity contribution in [3.05, 3.63) is 23.8 Å². The molecule has 1 unspecified atom stereocenters. The molecule has 0 saturated carbocycles. The highest BCUT2D eigenvalue weighted by Gasteiger charge is 2.18. The van der Waals surface area contributed by atoms with Crippen LogP contribution in [0.1, 0.15) is 24.7 Å². The molecule has 6 heteroatoms. The topological polar surface area (TPSA) is 87.6 Å². The Hall–Kier alpha value is -1.27. The second-order valence-corrected chi connectivity index (χ2v) is 6.18. The van der Waals surface area contributed by atoms with Gasteiger partial charge in [0, 0.05) is 6.26 Å². The lowest BCUT2D eigenvalue weighted by Gasteiger charge is -2.14. The number of methoxy groups -OCH3 is 1. The predicted octanol–water partition coefficient (Wildman–Crippen LogP) is 2.36. The fourth-order valence-electron chi connectivity index (χ4n) is 1.46. The summed E-state index contributed by atoms with van der Waals surface area (Å²) in [6, 6.07) is 5.18. The van der Waals surface area contributed by atoms with Gasteiger partial charge in [-0.05, 0) is 31.5 Å². The molecule has 0 aliphatic rings. The second-order valence-electron chi connectivity index (χ2n) is 3.82. The van der Waals surface area contributed by atoms with Crippen molar-refractivity contribution in [1.82, 2.24) is 6.15 Å². The highest BCUT2D eigenvalue weighted by Crippen LogP contribution is 2.32. The van der Waals surface area contributed by atoms with E-state index in [1.807, 2.05) is 6.92 Å². The van der Waals surface area contributed by atoms with E-state index in [4.69, 9.17) is 9.47 Å². The quantitative estimate of drug-likeness (QED) is 0.891. The number of hydrogen-bond acceptors (Lipinski definition) is 5.